The molecule has 2 aromatic rings. The Morgan fingerprint density at radius 3 is 1.74 bits per heavy atom. The number of hydrogen-bond donors (Lipinski definition) is 2. The van der Waals surface area contributed by atoms with Gasteiger partial charge in [0.1, 0.15) is 0 Å². The van der Waals surface area contributed by atoms with Crippen molar-refractivity contribution in [3.8, 4) is 11.1 Å². The second-order valence-corrected chi connectivity index (χ2v) is 5.38. The van der Waals surface area contributed by atoms with E-state index in [0.29, 0.717) is 0 Å². The van der Waals surface area contributed by atoms with Crippen molar-refractivity contribution in [3.63, 3.8) is 0 Å². The van der Waals surface area contributed by atoms with Gasteiger partial charge in [-0.25, -0.2) is 0 Å². The molecule has 2 unspecified atom stereocenters. The summed E-state index contributed by atoms with van der Waals surface area (Å²) in [7, 11) is 5.08. The van der Waals surface area contributed by atoms with Crippen LogP contribution >= 0.6 is 18.8 Å². The number of rotatable bonds is 3. The third-order valence-corrected chi connectivity index (χ3v) is 4.03. The highest BCUT2D eigenvalue weighted by molar-refractivity contribution is 7.18. The Bertz CT molecular complexity index is 586. The quantitative estimate of drug-likeness (QED) is 0.802. The summed E-state index contributed by atoms with van der Waals surface area (Å²) in [4.78, 5) is 0. The van der Waals surface area contributed by atoms with Gasteiger partial charge in [-0.2, -0.15) is 0 Å². The molecule has 2 nitrogen and oxygen atoms in total. The number of benzene rings is 2. The lowest BCUT2D eigenvalue weighted by Gasteiger charge is -2.15. The van der Waals surface area contributed by atoms with E-state index in [1.54, 1.807) is 0 Å². The fourth-order valence-corrected chi connectivity index (χ4v) is 2.85. The van der Waals surface area contributed by atoms with E-state index in [2.05, 4.69) is 80.1 Å². The largest absolute Gasteiger partial charge is 0.369 e. The van der Waals surface area contributed by atoms with Crippen LogP contribution < -0.4 is 10.2 Å². The highest BCUT2D eigenvalue weighted by Gasteiger charge is 2.10. The van der Waals surface area contributed by atoms with E-state index in [4.69, 9.17) is 0 Å². The Hall–Kier alpha value is -1.10. The van der Waals surface area contributed by atoms with Crippen molar-refractivity contribution in [2.45, 2.75) is 20.8 Å². The van der Waals surface area contributed by atoms with E-state index in [-0.39, 0.29) is 0 Å². The number of aryl methyl sites for hydroxylation is 3. The van der Waals surface area contributed by atoms with Crippen molar-refractivity contribution in [2.75, 3.05) is 10.2 Å². The summed E-state index contributed by atoms with van der Waals surface area (Å²) in [6.45, 7) is 6.48. The first-order valence-corrected chi connectivity index (χ1v) is 7.37. The summed E-state index contributed by atoms with van der Waals surface area (Å²) in [6, 6.07) is 10.8. The summed E-state index contributed by atoms with van der Waals surface area (Å²) in [5.74, 6) is 0. The molecule has 2 atom stereocenters. The van der Waals surface area contributed by atoms with Gasteiger partial charge in [-0.1, -0.05) is 6.07 Å². The topological polar surface area (TPSA) is 24.1 Å². The maximum atomic E-state index is 3.12. The molecule has 0 bridgehead atoms. The van der Waals surface area contributed by atoms with Crippen molar-refractivity contribution in [2.24, 2.45) is 0 Å². The lowest BCUT2D eigenvalue weighted by Crippen LogP contribution is -1.94. The molecule has 2 aromatic carbocycles. The van der Waals surface area contributed by atoms with Crippen LogP contribution in [0.3, 0.4) is 0 Å². The summed E-state index contributed by atoms with van der Waals surface area (Å²) in [5.41, 5.74) is 8.74. The first kappa shape index (κ1) is 14.3. The highest BCUT2D eigenvalue weighted by atomic mass is 31.0. The number of anilines is 2. The summed E-state index contributed by atoms with van der Waals surface area (Å²) < 4.78 is 0. The Morgan fingerprint density at radius 1 is 0.737 bits per heavy atom. The normalized spacial score (nSPS) is 10.4. The van der Waals surface area contributed by atoms with Gasteiger partial charge in [0.2, 0.25) is 0 Å². The van der Waals surface area contributed by atoms with Crippen molar-refractivity contribution < 1.29 is 0 Å². The molecule has 0 aliphatic rings. The van der Waals surface area contributed by atoms with Crippen molar-refractivity contribution >= 4 is 30.2 Å². The van der Waals surface area contributed by atoms with Gasteiger partial charge in [-0.3, -0.25) is 0 Å². The number of nitrogens with one attached hydrogen (secondary N) is 2. The van der Waals surface area contributed by atoms with Crippen LogP contribution in [0, 0.1) is 20.8 Å². The average molecular weight is 290 g/mol. The van der Waals surface area contributed by atoms with E-state index in [0.717, 1.165) is 11.4 Å². The van der Waals surface area contributed by atoms with Gasteiger partial charge in [0, 0.05) is 11.4 Å². The van der Waals surface area contributed by atoms with Gasteiger partial charge < -0.3 is 10.2 Å². The smallest absolute Gasteiger partial charge is 0.0374 e. The minimum absolute atomic E-state index is 1.12. The minimum Gasteiger partial charge on any atom is -0.369 e. The highest BCUT2D eigenvalue weighted by Crippen LogP contribution is 2.33. The second-order valence-electron chi connectivity index (χ2n) is 4.80. The molecule has 0 saturated heterocycles. The van der Waals surface area contributed by atoms with Crippen LogP contribution in [0.5, 0.6) is 0 Å². The fraction of sp³-hybridized carbons (Fsp3) is 0.200. The third kappa shape index (κ3) is 2.91. The third-order valence-electron chi connectivity index (χ3n) is 3.36. The standard InChI is InChI=1S/C15H20N2P2/c1-9-6-12(16-18)4-5-14(9)15-10(2)7-13(17-19)8-11(15)3/h4-8,16-17H,18-19H2,1-3H3. The van der Waals surface area contributed by atoms with Gasteiger partial charge in [-0.15, -0.1) is 0 Å². The van der Waals surface area contributed by atoms with E-state index >= 15 is 0 Å². The van der Waals surface area contributed by atoms with E-state index < -0.39 is 0 Å². The molecule has 2 N–H and O–H groups in total. The molecule has 0 aromatic heterocycles. The monoisotopic (exact) mass is 290 g/mol. The molecule has 2 rings (SSSR count). The van der Waals surface area contributed by atoms with E-state index in [1.165, 1.54) is 27.8 Å². The lowest BCUT2D eigenvalue weighted by molar-refractivity contribution is 1.35. The first-order valence-electron chi connectivity index (χ1n) is 6.22. The molecular formula is C15H20N2P2. The molecule has 19 heavy (non-hydrogen) atoms. The van der Waals surface area contributed by atoms with Gasteiger partial charge in [0.15, 0.2) is 0 Å². The molecule has 0 spiro atoms. The van der Waals surface area contributed by atoms with Gasteiger partial charge in [0.25, 0.3) is 0 Å². The molecule has 0 amide bonds. The van der Waals surface area contributed by atoms with Crippen LogP contribution in [0.15, 0.2) is 30.3 Å². The van der Waals surface area contributed by atoms with Crippen LogP contribution in [0.2, 0.25) is 0 Å². The van der Waals surface area contributed by atoms with Crippen LogP contribution in [-0.4, -0.2) is 0 Å². The predicted molar refractivity (Wildman–Crippen MR) is 92.8 cm³/mol. The van der Waals surface area contributed by atoms with Crippen LogP contribution in [-0.2, 0) is 0 Å². The maximum Gasteiger partial charge on any atom is 0.0374 e. The fourth-order valence-electron chi connectivity index (χ4n) is 2.51. The molecule has 0 aliphatic heterocycles. The zero-order chi connectivity index (χ0) is 14.0. The molecule has 0 saturated carbocycles. The molecule has 4 heteroatoms. The Kier molecular flexibility index (Phi) is 4.45. The van der Waals surface area contributed by atoms with Gasteiger partial charge in [0.05, 0.1) is 0 Å². The lowest BCUT2D eigenvalue weighted by atomic mass is 9.92. The molecule has 0 radical (unpaired) electrons. The molecule has 100 valence electrons. The van der Waals surface area contributed by atoms with Crippen LogP contribution in [0.1, 0.15) is 16.7 Å². The first-order chi connectivity index (χ1) is 9.06. The minimum atomic E-state index is 1.12. The maximum absolute atomic E-state index is 3.12. The van der Waals surface area contributed by atoms with E-state index in [1.807, 2.05) is 0 Å². The Balaban J connectivity index is 2.59. The summed E-state index contributed by atoms with van der Waals surface area (Å²) in [6.07, 6.45) is 0. The van der Waals surface area contributed by atoms with Gasteiger partial charge >= 0.3 is 0 Å². The van der Waals surface area contributed by atoms with Crippen LogP contribution in [0.4, 0.5) is 11.4 Å². The SMILES string of the molecule is Cc1cc(NP)ccc1-c1c(C)cc(NP)cc1C. The zero-order valence-electron chi connectivity index (χ0n) is 11.5. The average Bonchev–Trinajstić information content (AvgIpc) is 2.39. The van der Waals surface area contributed by atoms with Crippen molar-refractivity contribution in [1.82, 2.24) is 0 Å². The molecule has 0 fully saturated rings. The summed E-state index contributed by atoms with van der Waals surface area (Å²) >= 11 is 0. The van der Waals surface area contributed by atoms with Crippen LogP contribution in [0.25, 0.3) is 11.1 Å². The molecular weight excluding hydrogens is 270 g/mol. The second kappa shape index (κ2) is 5.90. The zero-order valence-corrected chi connectivity index (χ0v) is 13.9. The summed E-state index contributed by atoms with van der Waals surface area (Å²) in [5, 5.41) is 6.22. The Morgan fingerprint density at radius 2 is 1.26 bits per heavy atom. The molecule has 0 aliphatic carbocycles. The van der Waals surface area contributed by atoms with Gasteiger partial charge in [-0.05, 0) is 91.6 Å². The Labute approximate surface area is 119 Å². The number of hydrogen-bond acceptors (Lipinski definition) is 2. The van der Waals surface area contributed by atoms with Crippen molar-refractivity contribution in [3.05, 3.63) is 47.0 Å². The predicted octanol–water partition coefficient (Wildman–Crippen LogP) is 4.68. The van der Waals surface area contributed by atoms with Crippen molar-refractivity contribution in [1.29, 1.82) is 0 Å². The molecule has 0 heterocycles. The van der Waals surface area contributed by atoms with E-state index in [9.17, 15) is 0 Å².